The molecule has 0 saturated heterocycles. The lowest BCUT2D eigenvalue weighted by atomic mass is 9.96. The molecule has 0 radical (unpaired) electrons. The van der Waals surface area contributed by atoms with Crippen molar-refractivity contribution in [1.29, 1.82) is 0 Å². The van der Waals surface area contributed by atoms with Crippen LogP contribution in [0.15, 0.2) is 55.1 Å². The fourth-order valence-electron chi connectivity index (χ4n) is 1.73. The summed E-state index contributed by atoms with van der Waals surface area (Å²) in [5.74, 6) is 0. The molecule has 2 aromatic rings. The molecule has 2 rings (SSSR count). The molecule has 0 aliphatic rings. The minimum absolute atomic E-state index is 0.623. The van der Waals surface area contributed by atoms with E-state index in [2.05, 4.69) is 6.58 Å². The van der Waals surface area contributed by atoms with E-state index in [0.29, 0.717) is 10.6 Å². The molecule has 2 heteroatoms. The van der Waals surface area contributed by atoms with Gasteiger partial charge in [-0.1, -0.05) is 60.6 Å². The Kier molecular flexibility index (Phi) is 3.40. The summed E-state index contributed by atoms with van der Waals surface area (Å²) >= 11 is 6.12. The number of benzene rings is 2. The number of aldehydes is 1. The minimum Gasteiger partial charge on any atom is -0.298 e. The minimum atomic E-state index is 0.623. The summed E-state index contributed by atoms with van der Waals surface area (Å²) in [6.45, 7) is 4.02. The van der Waals surface area contributed by atoms with Crippen LogP contribution in [0.4, 0.5) is 0 Å². The van der Waals surface area contributed by atoms with E-state index in [0.717, 1.165) is 23.0 Å². The van der Waals surface area contributed by atoms with E-state index in [4.69, 9.17) is 11.6 Å². The summed E-state index contributed by atoms with van der Waals surface area (Å²) < 4.78 is 0. The lowest BCUT2D eigenvalue weighted by Gasteiger charge is -2.10. The average molecular weight is 243 g/mol. The van der Waals surface area contributed by atoms with Crippen molar-refractivity contribution in [3.8, 4) is 0 Å². The van der Waals surface area contributed by atoms with Crippen LogP contribution in [-0.4, -0.2) is 6.29 Å². The maximum absolute atomic E-state index is 11.0. The van der Waals surface area contributed by atoms with Crippen molar-refractivity contribution in [2.75, 3.05) is 0 Å². The maximum Gasteiger partial charge on any atom is 0.150 e. The van der Waals surface area contributed by atoms with E-state index in [1.165, 1.54) is 0 Å². The van der Waals surface area contributed by atoms with E-state index >= 15 is 0 Å². The first-order valence-corrected chi connectivity index (χ1v) is 5.60. The van der Waals surface area contributed by atoms with Gasteiger partial charge in [-0.3, -0.25) is 4.79 Å². The molecule has 0 aliphatic carbocycles. The van der Waals surface area contributed by atoms with Gasteiger partial charge in [-0.05, 0) is 17.2 Å². The molecule has 1 nitrogen and oxygen atoms in total. The fourth-order valence-corrected chi connectivity index (χ4v) is 1.98. The van der Waals surface area contributed by atoms with Crippen LogP contribution in [0.3, 0.4) is 0 Å². The predicted molar refractivity (Wildman–Crippen MR) is 71.4 cm³/mol. The molecule has 0 fully saturated rings. The lowest BCUT2D eigenvalue weighted by Crippen LogP contribution is -1.93. The molecule has 0 spiro atoms. The average Bonchev–Trinajstić information content (AvgIpc) is 2.38. The molecule has 0 unspecified atom stereocenters. The first-order chi connectivity index (χ1) is 8.24. The molecular formula is C15H11ClO. The highest BCUT2D eigenvalue weighted by molar-refractivity contribution is 6.32. The number of carbonyl (C=O) groups is 1. The van der Waals surface area contributed by atoms with Crippen molar-refractivity contribution in [2.24, 2.45) is 0 Å². The molecule has 84 valence electrons. The van der Waals surface area contributed by atoms with Crippen LogP contribution in [0.5, 0.6) is 0 Å². The molecule has 0 saturated carbocycles. The van der Waals surface area contributed by atoms with Crippen LogP contribution in [0, 0.1) is 0 Å². The Hall–Kier alpha value is -1.86. The second-order valence-electron chi connectivity index (χ2n) is 3.66. The molecule has 2 aromatic carbocycles. The second-order valence-corrected chi connectivity index (χ2v) is 4.07. The monoisotopic (exact) mass is 242 g/mol. The van der Waals surface area contributed by atoms with Crippen LogP contribution in [0.25, 0.3) is 5.57 Å². The van der Waals surface area contributed by atoms with Gasteiger partial charge in [0.1, 0.15) is 0 Å². The van der Waals surface area contributed by atoms with Gasteiger partial charge in [-0.15, -0.1) is 0 Å². The lowest BCUT2D eigenvalue weighted by molar-refractivity contribution is 0.112. The molecule has 17 heavy (non-hydrogen) atoms. The fraction of sp³-hybridized carbons (Fsp3) is 0. The second kappa shape index (κ2) is 4.98. The Morgan fingerprint density at radius 3 is 2.24 bits per heavy atom. The molecular weight excluding hydrogens is 232 g/mol. The van der Waals surface area contributed by atoms with Gasteiger partial charge in [0, 0.05) is 16.1 Å². The summed E-state index contributed by atoms with van der Waals surface area (Å²) in [5, 5.41) is 0.637. The summed E-state index contributed by atoms with van der Waals surface area (Å²) in [7, 11) is 0. The Labute approximate surface area is 105 Å². The maximum atomic E-state index is 11.0. The van der Waals surface area contributed by atoms with Crippen molar-refractivity contribution in [2.45, 2.75) is 0 Å². The zero-order valence-corrected chi connectivity index (χ0v) is 9.95. The Morgan fingerprint density at radius 2 is 1.59 bits per heavy atom. The normalized spacial score (nSPS) is 9.94. The van der Waals surface area contributed by atoms with Crippen molar-refractivity contribution < 1.29 is 4.79 Å². The topological polar surface area (TPSA) is 17.1 Å². The van der Waals surface area contributed by atoms with Crippen molar-refractivity contribution in [3.63, 3.8) is 0 Å². The summed E-state index contributed by atoms with van der Waals surface area (Å²) in [6.07, 6.45) is 0.831. The van der Waals surface area contributed by atoms with E-state index < -0.39 is 0 Å². The van der Waals surface area contributed by atoms with Gasteiger partial charge in [-0.25, -0.2) is 0 Å². The predicted octanol–water partition coefficient (Wildman–Crippen LogP) is 4.21. The first kappa shape index (κ1) is 11.6. The third kappa shape index (κ3) is 2.29. The highest BCUT2D eigenvalue weighted by Gasteiger charge is 2.09. The zero-order chi connectivity index (χ0) is 12.3. The highest BCUT2D eigenvalue weighted by atomic mass is 35.5. The largest absolute Gasteiger partial charge is 0.298 e. The van der Waals surface area contributed by atoms with Crippen LogP contribution >= 0.6 is 11.6 Å². The number of halogens is 1. The number of hydrogen-bond donors (Lipinski definition) is 0. The van der Waals surface area contributed by atoms with Gasteiger partial charge in [0.2, 0.25) is 0 Å². The molecule has 0 N–H and O–H groups in total. The van der Waals surface area contributed by atoms with E-state index in [1.54, 1.807) is 6.07 Å². The van der Waals surface area contributed by atoms with Crippen LogP contribution < -0.4 is 0 Å². The van der Waals surface area contributed by atoms with E-state index in [-0.39, 0.29) is 0 Å². The molecule has 0 bridgehead atoms. The highest BCUT2D eigenvalue weighted by Crippen LogP contribution is 2.29. The van der Waals surface area contributed by atoms with Gasteiger partial charge >= 0.3 is 0 Å². The zero-order valence-electron chi connectivity index (χ0n) is 9.19. The van der Waals surface area contributed by atoms with Gasteiger partial charge in [0.25, 0.3) is 0 Å². The van der Waals surface area contributed by atoms with Gasteiger partial charge < -0.3 is 0 Å². The summed E-state index contributed by atoms with van der Waals surface area (Å²) in [4.78, 5) is 11.0. The molecule has 0 heterocycles. The number of rotatable bonds is 3. The first-order valence-electron chi connectivity index (χ1n) is 5.22. The van der Waals surface area contributed by atoms with Crippen molar-refractivity contribution >= 4 is 23.5 Å². The number of carbonyl (C=O) groups excluding carboxylic acids is 1. The smallest absolute Gasteiger partial charge is 0.150 e. The van der Waals surface area contributed by atoms with Crippen molar-refractivity contribution in [1.82, 2.24) is 0 Å². The van der Waals surface area contributed by atoms with Crippen LogP contribution in [0.1, 0.15) is 21.5 Å². The van der Waals surface area contributed by atoms with Crippen LogP contribution in [-0.2, 0) is 0 Å². The summed E-state index contributed by atoms with van der Waals surface area (Å²) in [6, 6.07) is 14.8. The van der Waals surface area contributed by atoms with Gasteiger partial charge in [0.15, 0.2) is 6.29 Å². The SMILES string of the molecule is C=C(c1ccccc1Cl)c1ccccc1C=O. The Balaban J connectivity index is 2.51. The third-order valence-electron chi connectivity index (χ3n) is 2.61. The van der Waals surface area contributed by atoms with Crippen LogP contribution in [0.2, 0.25) is 5.02 Å². The Morgan fingerprint density at radius 1 is 1.00 bits per heavy atom. The quantitative estimate of drug-likeness (QED) is 0.737. The van der Waals surface area contributed by atoms with Gasteiger partial charge in [0.05, 0.1) is 0 Å². The standard InChI is InChI=1S/C15H11ClO/c1-11(14-8-4-5-9-15(14)16)13-7-3-2-6-12(13)10-17/h2-10H,1H2. The number of hydrogen-bond acceptors (Lipinski definition) is 1. The van der Waals surface area contributed by atoms with Crippen molar-refractivity contribution in [3.05, 3.63) is 76.8 Å². The molecule has 0 amide bonds. The molecule has 0 aliphatic heterocycles. The summed E-state index contributed by atoms with van der Waals surface area (Å²) in [5.41, 5.74) is 3.05. The Bertz CT molecular complexity index is 573. The van der Waals surface area contributed by atoms with E-state index in [9.17, 15) is 4.79 Å². The third-order valence-corrected chi connectivity index (χ3v) is 2.94. The van der Waals surface area contributed by atoms with Gasteiger partial charge in [-0.2, -0.15) is 0 Å². The molecule has 0 aromatic heterocycles. The molecule has 0 atom stereocenters. The van der Waals surface area contributed by atoms with E-state index in [1.807, 2.05) is 42.5 Å².